The fraction of sp³-hybridized carbons (Fsp3) is 0.280. The van der Waals surface area contributed by atoms with Crippen molar-refractivity contribution in [2.45, 2.75) is 26.7 Å². The van der Waals surface area contributed by atoms with E-state index in [2.05, 4.69) is 20.8 Å². The summed E-state index contributed by atoms with van der Waals surface area (Å²) in [4.78, 5) is 30.0. The summed E-state index contributed by atoms with van der Waals surface area (Å²) in [7, 11) is 3.20. The first kappa shape index (κ1) is 28.8. The van der Waals surface area contributed by atoms with E-state index in [1.165, 1.54) is 34.0 Å². The number of anilines is 2. The molecule has 12 heteroatoms. The summed E-state index contributed by atoms with van der Waals surface area (Å²) in [6.45, 7) is 3.79. The first-order valence-corrected chi connectivity index (χ1v) is 11.6. The monoisotopic (exact) mass is 512 g/mol. The summed E-state index contributed by atoms with van der Waals surface area (Å²) in [6.07, 6.45) is 4.16. The number of hydrogen-bond acceptors (Lipinski definition) is 8. The smallest absolute Gasteiger partial charge is 0.298 e. The van der Waals surface area contributed by atoms with Crippen molar-refractivity contribution >= 4 is 23.2 Å². The van der Waals surface area contributed by atoms with Crippen LogP contribution in [0.4, 0.5) is 15.9 Å². The normalized spacial score (nSPS) is 10.7. The minimum Gasteiger partial charge on any atom is -0.484 e. The largest absolute Gasteiger partial charge is 0.484 e. The van der Waals surface area contributed by atoms with Gasteiger partial charge in [-0.15, -0.1) is 0 Å². The molecule has 1 heterocycles. The minimum absolute atomic E-state index is 0.0415. The van der Waals surface area contributed by atoms with Gasteiger partial charge in [-0.25, -0.2) is 15.2 Å². The number of aromatic nitrogens is 2. The number of carbonyl (C=O) groups is 1. The maximum Gasteiger partial charge on any atom is 0.298 e. The third-order valence-electron chi connectivity index (χ3n) is 5.08. The Balaban J connectivity index is 0.00000235. The molecule has 0 atom stereocenters. The number of likely N-dealkylation sites (N-methyl/N-ethyl adjacent to an activating group) is 1. The van der Waals surface area contributed by atoms with E-state index in [-0.39, 0.29) is 29.8 Å². The van der Waals surface area contributed by atoms with Crippen molar-refractivity contribution in [2.24, 2.45) is 16.8 Å². The molecule has 198 valence electrons. The highest BCUT2D eigenvalue weighted by Crippen LogP contribution is 2.22. The van der Waals surface area contributed by atoms with Gasteiger partial charge in [-0.3, -0.25) is 14.2 Å². The highest BCUT2D eigenvalue weighted by Gasteiger charge is 2.12. The third-order valence-corrected chi connectivity index (χ3v) is 5.08. The number of amides is 1. The number of hydrogen-bond donors (Lipinski definition) is 4. The van der Waals surface area contributed by atoms with Gasteiger partial charge in [-0.2, -0.15) is 5.10 Å². The molecule has 0 aliphatic carbocycles. The topological polar surface area (TPSA) is 153 Å². The van der Waals surface area contributed by atoms with E-state index in [0.717, 1.165) is 11.6 Å². The first-order chi connectivity index (χ1) is 17.8. The van der Waals surface area contributed by atoms with Crippen molar-refractivity contribution in [1.29, 1.82) is 0 Å². The number of nitrogens with two attached hydrogens (primary N) is 2. The predicted molar refractivity (Wildman–Crippen MR) is 142 cm³/mol. The molecule has 0 spiro atoms. The van der Waals surface area contributed by atoms with Crippen molar-refractivity contribution < 1.29 is 13.9 Å². The number of benzene rings is 2. The van der Waals surface area contributed by atoms with Gasteiger partial charge in [0.25, 0.3) is 11.5 Å². The van der Waals surface area contributed by atoms with E-state index in [4.69, 9.17) is 16.4 Å². The maximum atomic E-state index is 14.6. The van der Waals surface area contributed by atoms with Crippen LogP contribution in [-0.2, 0) is 11.2 Å². The van der Waals surface area contributed by atoms with Gasteiger partial charge < -0.3 is 26.2 Å². The molecule has 1 aromatic heterocycles. The number of amidine groups is 1. The van der Waals surface area contributed by atoms with Gasteiger partial charge in [0.15, 0.2) is 12.4 Å². The Kier molecular flexibility index (Phi) is 11.0. The summed E-state index contributed by atoms with van der Waals surface area (Å²) in [5.74, 6) is 10.3. The zero-order valence-corrected chi connectivity index (χ0v) is 21.4. The number of carbonyl (C=O) groups excluding carboxylic acids is 1. The van der Waals surface area contributed by atoms with Crippen LogP contribution < -0.4 is 32.7 Å². The van der Waals surface area contributed by atoms with Gasteiger partial charge in [-0.05, 0) is 36.2 Å². The van der Waals surface area contributed by atoms with Gasteiger partial charge in [0.2, 0.25) is 0 Å². The predicted octanol–water partition coefficient (Wildman–Crippen LogP) is 2.28. The second kappa shape index (κ2) is 14.2. The Labute approximate surface area is 214 Å². The molecule has 11 nitrogen and oxygen atoms in total. The highest BCUT2D eigenvalue weighted by molar-refractivity contribution is 5.81. The Hall–Kier alpha value is -4.45. The molecule has 0 bridgehead atoms. The van der Waals surface area contributed by atoms with Crippen LogP contribution in [-0.4, -0.2) is 46.9 Å². The van der Waals surface area contributed by atoms with E-state index in [9.17, 15) is 14.0 Å². The molecule has 0 aliphatic heterocycles. The molecule has 0 saturated heterocycles. The summed E-state index contributed by atoms with van der Waals surface area (Å²) in [5.41, 5.74) is 3.63. The summed E-state index contributed by atoms with van der Waals surface area (Å²) < 4.78 is 21.3. The Morgan fingerprint density at radius 2 is 1.89 bits per heavy atom. The minimum atomic E-state index is -0.659. The lowest BCUT2D eigenvalue weighted by atomic mass is 10.1. The molecule has 2 aromatic carbocycles. The number of halogens is 1. The van der Waals surface area contributed by atoms with Crippen molar-refractivity contribution in [3.63, 3.8) is 0 Å². The number of nitrogens with zero attached hydrogens (tertiary/aromatic N) is 4. The van der Waals surface area contributed by atoms with Crippen LogP contribution in [0.15, 0.2) is 64.8 Å². The number of ether oxygens (including phenoxy) is 1. The molecule has 1 amide bonds. The Morgan fingerprint density at radius 3 is 2.49 bits per heavy atom. The quantitative estimate of drug-likeness (QED) is 0.147. The van der Waals surface area contributed by atoms with E-state index in [1.54, 1.807) is 26.2 Å². The summed E-state index contributed by atoms with van der Waals surface area (Å²) in [5, 5.41) is 6.27. The van der Waals surface area contributed by atoms with Crippen LogP contribution in [0.1, 0.15) is 25.8 Å². The zero-order valence-electron chi connectivity index (χ0n) is 21.4. The van der Waals surface area contributed by atoms with Crippen molar-refractivity contribution in [3.8, 4) is 11.4 Å². The molecule has 3 rings (SSSR count). The number of nitrogens with one attached hydrogen (secondary N) is 2. The molecule has 37 heavy (non-hydrogen) atoms. The highest BCUT2D eigenvalue weighted by atomic mass is 19.1. The van der Waals surface area contributed by atoms with E-state index >= 15 is 0 Å². The molecular formula is C25H33FN8O3. The van der Waals surface area contributed by atoms with Crippen LogP contribution in [0.2, 0.25) is 0 Å². The molecule has 0 fully saturated rings. The van der Waals surface area contributed by atoms with Crippen LogP contribution in [0.5, 0.6) is 5.75 Å². The number of aryl methyl sites for hydroxylation is 1. The van der Waals surface area contributed by atoms with Crippen LogP contribution in [0.3, 0.4) is 0 Å². The Morgan fingerprint density at radius 1 is 1.19 bits per heavy atom. The van der Waals surface area contributed by atoms with E-state index in [0.29, 0.717) is 24.4 Å². The molecule has 0 radical (unpaired) electrons. The molecule has 0 saturated carbocycles. The van der Waals surface area contributed by atoms with Crippen LogP contribution >= 0.6 is 0 Å². The molecular weight excluding hydrogens is 479 g/mol. The van der Waals surface area contributed by atoms with E-state index in [1.807, 2.05) is 26.0 Å². The fourth-order valence-corrected chi connectivity index (χ4v) is 3.05. The average Bonchev–Trinajstić information content (AvgIpc) is 2.91. The summed E-state index contributed by atoms with van der Waals surface area (Å²) >= 11 is 0. The maximum absolute atomic E-state index is 14.6. The molecule has 0 aliphatic rings. The second-order valence-corrected chi connectivity index (χ2v) is 7.68. The number of rotatable bonds is 9. The van der Waals surface area contributed by atoms with Gasteiger partial charge in [0.05, 0.1) is 5.69 Å². The van der Waals surface area contributed by atoms with Crippen molar-refractivity contribution in [2.75, 3.05) is 26.0 Å². The van der Waals surface area contributed by atoms with Crippen molar-refractivity contribution in [3.05, 3.63) is 76.6 Å². The SMILES string of the molecule is CC.CN(C)C(=O)COc1ccc(Nc2nccn(-c3ccc(CC/C(=N/N)NN)cc3)c2=O)c(F)c1. The first-order valence-electron chi connectivity index (χ1n) is 11.6. The van der Waals surface area contributed by atoms with Crippen LogP contribution in [0.25, 0.3) is 5.69 Å². The fourth-order valence-electron chi connectivity index (χ4n) is 3.05. The average molecular weight is 513 g/mol. The van der Waals surface area contributed by atoms with Crippen LogP contribution in [0, 0.1) is 5.82 Å². The lowest BCUT2D eigenvalue weighted by Crippen LogP contribution is -2.31. The molecule has 3 aromatic rings. The van der Waals surface area contributed by atoms with Gasteiger partial charge in [-0.1, -0.05) is 26.0 Å². The standard InChI is InChI=1S/C23H27FN8O3.C2H6/c1-31(2)21(33)14-35-17-8-9-19(18(24)13-17)28-22-23(34)32(12-11-27-22)16-6-3-15(4-7-16)5-10-20(29-25)30-26;1-2/h3-4,6-9,11-13H,5,10,14,25-26H2,1-2H3,(H,27,28)(H,29,30);1-2H3. The lowest BCUT2D eigenvalue weighted by molar-refractivity contribution is -0.130. The van der Waals surface area contributed by atoms with Gasteiger partial charge in [0.1, 0.15) is 17.4 Å². The number of hydrazine groups is 1. The number of hydrazone groups is 1. The third kappa shape index (κ3) is 8.04. The zero-order chi connectivity index (χ0) is 27.4. The lowest BCUT2D eigenvalue weighted by Gasteiger charge is -2.13. The van der Waals surface area contributed by atoms with Crippen molar-refractivity contribution in [1.82, 2.24) is 19.9 Å². The summed E-state index contributed by atoms with van der Waals surface area (Å²) in [6, 6.07) is 11.4. The molecule has 6 N–H and O–H groups in total. The second-order valence-electron chi connectivity index (χ2n) is 7.68. The van der Waals surface area contributed by atoms with Gasteiger partial charge >= 0.3 is 0 Å². The van der Waals surface area contributed by atoms with E-state index < -0.39 is 11.4 Å². The Bertz CT molecular complexity index is 1260. The molecule has 0 unspecified atom stereocenters. The van der Waals surface area contributed by atoms with Gasteiger partial charge in [0, 0.05) is 44.7 Å².